The van der Waals surface area contributed by atoms with Gasteiger partial charge in [-0.25, -0.2) is 0 Å². The molecule has 1 N–H and O–H groups in total. The quantitative estimate of drug-likeness (QED) is 0.717. The third-order valence-corrected chi connectivity index (χ3v) is 9.48. The second kappa shape index (κ2) is 5.05. The van der Waals surface area contributed by atoms with Gasteiger partial charge in [-0.2, -0.15) is 0 Å². The Bertz CT molecular complexity index is 260. The van der Waals surface area contributed by atoms with E-state index in [0.717, 1.165) is 18.9 Å². The molecule has 1 nitrogen and oxygen atoms in total. The van der Waals surface area contributed by atoms with Gasteiger partial charge in [0.2, 0.25) is 0 Å². The fourth-order valence-electron chi connectivity index (χ4n) is 1.80. The first-order chi connectivity index (χ1) is 7.24. The SMILES string of the molecule is CC(C)(C)[Si](C)(C)C/[C]=C1/CCCCC1O. The molecule has 16 heavy (non-hydrogen) atoms. The van der Waals surface area contributed by atoms with E-state index in [1.54, 1.807) is 0 Å². The summed E-state index contributed by atoms with van der Waals surface area (Å²) in [7, 11) is -1.26. The van der Waals surface area contributed by atoms with Gasteiger partial charge in [0.15, 0.2) is 0 Å². The standard InChI is InChI=1S/C14H27OSi/c1-14(2,3)16(4,5)11-10-12-8-6-7-9-13(12)15/h13,15H,6-9,11H2,1-5H3. The second-order valence-electron chi connectivity index (χ2n) is 6.77. The van der Waals surface area contributed by atoms with Crippen molar-refractivity contribution < 1.29 is 5.11 Å². The lowest BCUT2D eigenvalue weighted by Crippen LogP contribution is -2.36. The van der Waals surface area contributed by atoms with E-state index in [2.05, 4.69) is 39.9 Å². The van der Waals surface area contributed by atoms with E-state index in [1.807, 2.05) is 0 Å². The predicted octanol–water partition coefficient (Wildman–Crippen LogP) is 4.16. The Balaban J connectivity index is 2.64. The molecule has 0 aromatic carbocycles. The van der Waals surface area contributed by atoms with Crippen LogP contribution in [0.15, 0.2) is 5.57 Å². The largest absolute Gasteiger partial charge is 0.389 e. The molecule has 0 aromatic rings. The van der Waals surface area contributed by atoms with Crippen molar-refractivity contribution >= 4 is 8.07 Å². The van der Waals surface area contributed by atoms with Gasteiger partial charge in [-0.15, -0.1) is 0 Å². The molecule has 1 aliphatic carbocycles. The van der Waals surface area contributed by atoms with E-state index in [-0.39, 0.29) is 6.10 Å². The van der Waals surface area contributed by atoms with Crippen LogP contribution in [0.4, 0.5) is 0 Å². The van der Waals surface area contributed by atoms with Crippen LogP contribution >= 0.6 is 0 Å². The maximum Gasteiger partial charge on any atom is 0.0755 e. The molecule has 1 aliphatic rings. The Kier molecular flexibility index (Phi) is 4.41. The molecule has 0 amide bonds. The Labute approximate surface area is 102 Å². The highest BCUT2D eigenvalue weighted by molar-refractivity contribution is 6.80. The van der Waals surface area contributed by atoms with Crippen molar-refractivity contribution in [1.29, 1.82) is 0 Å². The van der Waals surface area contributed by atoms with Gasteiger partial charge in [-0.1, -0.05) is 40.3 Å². The van der Waals surface area contributed by atoms with Crippen LogP contribution in [0.25, 0.3) is 0 Å². The van der Waals surface area contributed by atoms with E-state index in [0.29, 0.717) is 5.04 Å². The van der Waals surface area contributed by atoms with Crippen LogP contribution in [-0.4, -0.2) is 19.3 Å². The Morgan fingerprint density at radius 1 is 1.31 bits per heavy atom. The van der Waals surface area contributed by atoms with Crippen molar-refractivity contribution in [3.63, 3.8) is 0 Å². The summed E-state index contributed by atoms with van der Waals surface area (Å²) in [4.78, 5) is 0. The van der Waals surface area contributed by atoms with Gasteiger partial charge in [0, 0.05) is 0 Å². The van der Waals surface area contributed by atoms with E-state index < -0.39 is 8.07 Å². The Hall–Kier alpha value is -0.0831. The maximum absolute atomic E-state index is 9.88. The van der Waals surface area contributed by atoms with Gasteiger partial charge in [-0.3, -0.25) is 0 Å². The van der Waals surface area contributed by atoms with Crippen molar-refractivity contribution in [2.45, 2.75) is 76.7 Å². The molecule has 1 fully saturated rings. The Morgan fingerprint density at radius 3 is 2.44 bits per heavy atom. The molecule has 1 unspecified atom stereocenters. The smallest absolute Gasteiger partial charge is 0.0755 e. The van der Waals surface area contributed by atoms with E-state index in [4.69, 9.17) is 0 Å². The fraction of sp³-hybridized carbons (Fsp3) is 0.857. The first kappa shape index (κ1) is 14.0. The fourth-order valence-corrected chi connectivity index (χ4v) is 3.00. The van der Waals surface area contributed by atoms with Crippen molar-refractivity contribution in [3.8, 4) is 0 Å². The lowest BCUT2D eigenvalue weighted by atomic mass is 9.92. The lowest BCUT2D eigenvalue weighted by Gasteiger charge is -2.36. The lowest BCUT2D eigenvalue weighted by molar-refractivity contribution is 0.177. The summed E-state index contributed by atoms with van der Waals surface area (Å²) in [6, 6.07) is 1.09. The highest BCUT2D eigenvalue weighted by Crippen LogP contribution is 2.39. The van der Waals surface area contributed by atoms with Crippen LogP contribution < -0.4 is 0 Å². The molecule has 93 valence electrons. The van der Waals surface area contributed by atoms with Gasteiger partial charge in [-0.05, 0) is 42.0 Å². The first-order valence-electron chi connectivity index (χ1n) is 6.52. The number of aliphatic hydroxyl groups excluding tert-OH is 1. The van der Waals surface area contributed by atoms with E-state index >= 15 is 0 Å². The van der Waals surface area contributed by atoms with Gasteiger partial charge >= 0.3 is 0 Å². The molecular formula is C14H27OSi. The van der Waals surface area contributed by atoms with Crippen molar-refractivity contribution in [2.75, 3.05) is 0 Å². The summed E-state index contributed by atoms with van der Waals surface area (Å²) in [6.07, 6.45) is 7.77. The van der Waals surface area contributed by atoms with Crippen molar-refractivity contribution in [3.05, 3.63) is 11.6 Å². The maximum atomic E-state index is 9.88. The van der Waals surface area contributed by atoms with Crippen LogP contribution in [0.2, 0.25) is 24.2 Å². The minimum Gasteiger partial charge on any atom is -0.389 e. The number of rotatable bonds is 2. The van der Waals surface area contributed by atoms with Crippen molar-refractivity contribution in [1.82, 2.24) is 0 Å². The zero-order valence-electron chi connectivity index (χ0n) is 11.6. The molecule has 0 aromatic heterocycles. The zero-order valence-corrected chi connectivity index (χ0v) is 12.6. The summed E-state index contributed by atoms with van der Waals surface area (Å²) in [5.74, 6) is 0. The van der Waals surface area contributed by atoms with Gasteiger partial charge in [0.05, 0.1) is 14.2 Å². The number of aliphatic hydroxyl groups is 1. The zero-order chi connectivity index (χ0) is 12.4. The summed E-state index contributed by atoms with van der Waals surface area (Å²) in [5, 5.41) is 10.3. The molecule has 0 saturated heterocycles. The number of hydrogen-bond donors (Lipinski definition) is 1. The normalized spacial score (nSPS) is 26.1. The molecule has 1 rings (SSSR count). The van der Waals surface area contributed by atoms with E-state index in [1.165, 1.54) is 18.4 Å². The van der Waals surface area contributed by atoms with Crippen molar-refractivity contribution in [2.24, 2.45) is 0 Å². The van der Waals surface area contributed by atoms with Gasteiger partial charge in [0.1, 0.15) is 0 Å². The number of hydrogen-bond acceptors (Lipinski definition) is 1. The molecule has 2 heteroatoms. The summed E-state index contributed by atoms with van der Waals surface area (Å²) < 4.78 is 0. The van der Waals surface area contributed by atoms with Crippen LogP contribution in [0.1, 0.15) is 46.5 Å². The average molecular weight is 239 g/mol. The third-order valence-electron chi connectivity index (χ3n) is 4.36. The molecule has 0 heterocycles. The number of allylic oxidation sites excluding steroid dienone is 1. The van der Waals surface area contributed by atoms with Crippen LogP contribution in [0.5, 0.6) is 0 Å². The van der Waals surface area contributed by atoms with Crippen LogP contribution in [0.3, 0.4) is 0 Å². The van der Waals surface area contributed by atoms with Crippen LogP contribution in [-0.2, 0) is 0 Å². The molecule has 1 radical (unpaired) electrons. The summed E-state index contributed by atoms with van der Waals surface area (Å²) >= 11 is 0. The first-order valence-corrected chi connectivity index (χ1v) is 9.72. The van der Waals surface area contributed by atoms with Gasteiger partial charge in [0.25, 0.3) is 0 Å². The molecule has 0 aliphatic heterocycles. The average Bonchev–Trinajstić information content (AvgIpc) is 2.15. The molecular weight excluding hydrogens is 212 g/mol. The minimum atomic E-state index is -1.26. The Morgan fingerprint density at radius 2 is 1.94 bits per heavy atom. The third kappa shape index (κ3) is 3.46. The highest BCUT2D eigenvalue weighted by atomic mass is 28.3. The molecule has 0 spiro atoms. The monoisotopic (exact) mass is 239 g/mol. The predicted molar refractivity (Wildman–Crippen MR) is 73.2 cm³/mol. The van der Waals surface area contributed by atoms with Crippen LogP contribution in [0, 0.1) is 6.08 Å². The molecule has 1 saturated carbocycles. The highest BCUT2D eigenvalue weighted by Gasteiger charge is 2.34. The van der Waals surface area contributed by atoms with E-state index in [9.17, 15) is 5.11 Å². The summed E-state index contributed by atoms with van der Waals surface area (Å²) in [5.41, 5.74) is 1.19. The topological polar surface area (TPSA) is 20.2 Å². The summed E-state index contributed by atoms with van der Waals surface area (Å²) in [6.45, 7) is 11.9. The molecule has 1 atom stereocenters. The molecule has 0 bridgehead atoms. The van der Waals surface area contributed by atoms with Gasteiger partial charge < -0.3 is 5.11 Å². The minimum absolute atomic E-state index is 0.196. The second-order valence-corrected chi connectivity index (χ2v) is 12.4.